The maximum Gasteiger partial charge on any atom is 0.265 e. The smallest absolute Gasteiger partial charge is 0.265 e. The van der Waals surface area contributed by atoms with Crippen molar-refractivity contribution in [1.29, 1.82) is 0 Å². The summed E-state index contributed by atoms with van der Waals surface area (Å²) < 4.78 is 46.3. The van der Waals surface area contributed by atoms with Crippen molar-refractivity contribution in [2.45, 2.75) is 11.8 Å². The Kier molecular flexibility index (Phi) is 4.84. The zero-order valence-electron chi connectivity index (χ0n) is 11.1. The van der Waals surface area contributed by atoms with Gasteiger partial charge in [0.2, 0.25) is 0 Å². The number of rotatable bonds is 5. The van der Waals surface area contributed by atoms with E-state index in [1.165, 1.54) is 24.3 Å². The molecule has 7 heteroatoms. The van der Waals surface area contributed by atoms with E-state index in [4.69, 9.17) is 4.74 Å². The second kappa shape index (κ2) is 6.44. The van der Waals surface area contributed by atoms with Crippen molar-refractivity contribution in [2.75, 3.05) is 11.3 Å². The summed E-state index contributed by atoms with van der Waals surface area (Å²) in [6.45, 7) is 2.10. The Morgan fingerprint density at radius 1 is 1.24 bits per heavy atom. The van der Waals surface area contributed by atoms with Gasteiger partial charge in [0.15, 0.2) is 0 Å². The zero-order valence-corrected chi connectivity index (χ0v) is 13.5. The average molecular weight is 374 g/mol. The van der Waals surface area contributed by atoms with Crippen LogP contribution in [0.4, 0.5) is 10.1 Å². The van der Waals surface area contributed by atoms with Gasteiger partial charge < -0.3 is 4.74 Å². The van der Waals surface area contributed by atoms with Crippen LogP contribution in [0, 0.1) is 5.82 Å². The van der Waals surface area contributed by atoms with Gasteiger partial charge in [-0.2, -0.15) is 0 Å². The summed E-state index contributed by atoms with van der Waals surface area (Å²) in [6.07, 6.45) is 0. The summed E-state index contributed by atoms with van der Waals surface area (Å²) in [5, 5.41) is 0. The summed E-state index contributed by atoms with van der Waals surface area (Å²) in [5.41, 5.74) is 0.150. The maximum absolute atomic E-state index is 13.1. The highest BCUT2D eigenvalue weighted by Crippen LogP contribution is 2.29. The van der Waals surface area contributed by atoms with Crippen LogP contribution in [0.1, 0.15) is 6.92 Å². The fourth-order valence-electron chi connectivity index (χ4n) is 1.73. The maximum atomic E-state index is 13.1. The van der Waals surface area contributed by atoms with E-state index in [0.29, 0.717) is 11.1 Å². The van der Waals surface area contributed by atoms with Gasteiger partial charge in [-0.05, 0) is 43.3 Å². The molecule has 0 saturated heterocycles. The molecule has 2 rings (SSSR count). The van der Waals surface area contributed by atoms with Crippen molar-refractivity contribution in [1.82, 2.24) is 0 Å². The first-order chi connectivity index (χ1) is 9.92. The van der Waals surface area contributed by atoms with Crippen LogP contribution < -0.4 is 9.46 Å². The van der Waals surface area contributed by atoms with Crippen LogP contribution in [0.2, 0.25) is 0 Å². The molecule has 0 saturated carbocycles. The van der Waals surface area contributed by atoms with E-state index in [1.807, 2.05) is 0 Å². The van der Waals surface area contributed by atoms with Gasteiger partial charge >= 0.3 is 0 Å². The molecule has 0 aliphatic heterocycles. The highest BCUT2D eigenvalue weighted by atomic mass is 79.9. The van der Waals surface area contributed by atoms with Crippen molar-refractivity contribution in [3.05, 3.63) is 52.8 Å². The molecule has 0 heterocycles. The van der Waals surface area contributed by atoms with Crippen molar-refractivity contribution in [3.63, 3.8) is 0 Å². The molecule has 0 fully saturated rings. The summed E-state index contributed by atoms with van der Waals surface area (Å²) in [4.78, 5) is -0.0111. The number of nitrogens with one attached hydrogen (secondary N) is 1. The number of ether oxygens (including phenoxy) is 1. The second-order valence-corrected chi connectivity index (χ2v) is 6.71. The number of halogens is 2. The number of sulfonamides is 1. The minimum Gasteiger partial charge on any atom is -0.492 e. The van der Waals surface area contributed by atoms with Crippen LogP contribution in [0.5, 0.6) is 5.75 Å². The molecule has 4 nitrogen and oxygen atoms in total. The van der Waals surface area contributed by atoms with Crippen LogP contribution in [0.25, 0.3) is 0 Å². The molecule has 21 heavy (non-hydrogen) atoms. The van der Waals surface area contributed by atoms with E-state index in [2.05, 4.69) is 20.7 Å². The van der Waals surface area contributed by atoms with E-state index in [9.17, 15) is 12.8 Å². The zero-order chi connectivity index (χ0) is 15.5. The number of hydrogen-bond donors (Lipinski definition) is 1. The molecule has 0 spiro atoms. The van der Waals surface area contributed by atoms with Crippen molar-refractivity contribution in [3.8, 4) is 5.75 Å². The number of benzene rings is 2. The van der Waals surface area contributed by atoms with E-state index in [1.54, 1.807) is 19.1 Å². The van der Waals surface area contributed by atoms with Crippen LogP contribution in [-0.2, 0) is 10.0 Å². The van der Waals surface area contributed by atoms with Gasteiger partial charge in [-0.25, -0.2) is 12.8 Å². The Morgan fingerprint density at radius 2 is 2.00 bits per heavy atom. The van der Waals surface area contributed by atoms with Crippen LogP contribution in [0.15, 0.2) is 51.8 Å². The number of hydrogen-bond acceptors (Lipinski definition) is 3. The third-order valence-corrected chi connectivity index (χ3v) is 4.47. The summed E-state index contributed by atoms with van der Waals surface area (Å²) >= 11 is 3.23. The lowest BCUT2D eigenvalue weighted by Gasteiger charge is -2.13. The highest BCUT2D eigenvalue weighted by molar-refractivity contribution is 9.10. The van der Waals surface area contributed by atoms with E-state index < -0.39 is 15.8 Å². The molecule has 2 aromatic carbocycles. The van der Waals surface area contributed by atoms with E-state index in [0.717, 1.165) is 6.07 Å². The summed E-state index contributed by atoms with van der Waals surface area (Å²) in [7, 11) is -3.88. The lowest BCUT2D eigenvalue weighted by Crippen LogP contribution is -2.14. The monoisotopic (exact) mass is 373 g/mol. The standard InChI is InChI=1S/C14H13BrFNO3S/c1-2-20-13-7-6-10(15)8-14(13)21(18,19)17-12-5-3-4-11(16)9-12/h3-9,17H,2H2,1H3. The minimum absolute atomic E-state index is 0.0111. The molecule has 0 unspecified atom stereocenters. The van der Waals surface area contributed by atoms with Gasteiger partial charge in [-0.3, -0.25) is 4.72 Å². The van der Waals surface area contributed by atoms with Gasteiger partial charge in [-0.1, -0.05) is 22.0 Å². The van der Waals surface area contributed by atoms with Gasteiger partial charge in [0.25, 0.3) is 10.0 Å². The molecule has 0 radical (unpaired) electrons. The SMILES string of the molecule is CCOc1ccc(Br)cc1S(=O)(=O)Nc1cccc(F)c1. The largest absolute Gasteiger partial charge is 0.492 e. The lowest BCUT2D eigenvalue weighted by molar-refractivity contribution is 0.331. The van der Waals surface area contributed by atoms with E-state index in [-0.39, 0.29) is 16.3 Å². The molecule has 0 atom stereocenters. The fourth-order valence-corrected chi connectivity index (χ4v) is 3.46. The predicted octanol–water partition coefficient (Wildman–Crippen LogP) is 3.79. The lowest BCUT2D eigenvalue weighted by atomic mass is 10.3. The molecule has 112 valence electrons. The molecular formula is C14H13BrFNO3S. The van der Waals surface area contributed by atoms with Crippen LogP contribution in [-0.4, -0.2) is 15.0 Å². The van der Waals surface area contributed by atoms with Crippen molar-refractivity contribution in [2.24, 2.45) is 0 Å². The molecule has 0 aliphatic carbocycles. The summed E-state index contributed by atoms with van der Waals surface area (Å²) in [5.74, 6) is -0.279. The van der Waals surface area contributed by atoms with Gasteiger partial charge in [0, 0.05) is 4.47 Å². The first-order valence-corrected chi connectivity index (χ1v) is 8.41. The molecule has 0 aliphatic rings. The van der Waals surface area contributed by atoms with Crippen LogP contribution >= 0.6 is 15.9 Å². The molecular weight excluding hydrogens is 361 g/mol. The Hall–Kier alpha value is -1.60. The Balaban J connectivity index is 2.41. The minimum atomic E-state index is -3.88. The molecule has 2 aromatic rings. The van der Waals surface area contributed by atoms with Gasteiger partial charge in [0.05, 0.1) is 12.3 Å². The second-order valence-electron chi connectivity index (χ2n) is 4.14. The van der Waals surface area contributed by atoms with Crippen LogP contribution in [0.3, 0.4) is 0 Å². The quantitative estimate of drug-likeness (QED) is 0.867. The Morgan fingerprint density at radius 3 is 2.67 bits per heavy atom. The normalized spacial score (nSPS) is 11.2. The predicted molar refractivity (Wildman–Crippen MR) is 82.5 cm³/mol. The Labute approximate surface area is 131 Å². The average Bonchev–Trinajstić information content (AvgIpc) is 2.40. The van der Waals surface area contributed by atoms with Crippen molar-refractivity contribution < 1.29 is 17.5 Å². The molecule has 1 N–H and O–H groups in total. The first-order valence-electron chi connectivity index (χ1n) is 6.13. The summed E-state index contributed by atoms with van der Waals surface area (Å²) in [6, 6.07) is 9.93. The molecule has 0 bridgehead atoms. The van der Waals surface area contributed by atoms with Gasteiger partial charge in [0.1, 0.15) is 16.5 Å². The van der Waals surface area contributed by atoms with Crippen molar-refractivity contribution >= 4 is 31.6 Å². The molecule has 0 aromatic heterocycles. The topological polar surface area (TPSA) is 55.4 Å². The van der Waals surface area contributed by atoms with Gasteiger partial charge in [-0.15, -0.1) is 0 Å². The third kappa shape index (κ3) is 3.95. The first kappa shape index (κ1) is 15.8. The third-order valence-electron chi connectivity index (χ3n) is 2.57. The molecule has 0 amide bonds. The fraction of sp³-hybridized carbons (Fsp3) is 0.143. The highest BCUT2D eigenvalue weighted by Gasteiger charge is 2.20. The van der Waals surface area contributed by atoms with E-state index >= 15 is 0 Å². The Bertz CT molecular complexity index is 750. The number of anilines is 1.